The Morgan fingerprint density at radius 1 is 0.939 bits per heavy atom. The number of benzene rings is 3. The molecule has 0 saturated carbocycles. The van der Waals surface area contributed by atoms with Crippen molar-refractivity contribution in [3.8, 4) is 0 Å². The van der Waals surface area contributed by atoms with Crippen LogP contribution >= 0.6 is 0 Å². The van der Waals surface area contributed by atoms with E-state index in [1.807, 2.05) is 66.5 Å². The number of halogens is 1. The van der Waals surface area contributed by atoms with Crippen LogP contribution in [-0.4, -0.2) is 38.8 Å². The van der Waals surface area contributed by atoms with E-state index >= 15 is 0 Å². The lowest BCUT2D eigenvalue weighted by molar-refractivity contribution is -0.120. The maximum Gasteiger partial charge on any atom is 0.243 e. The van der Waals surface area contributed by atoms with E-state index in [0.29, 0.717) is 18.5 Å². The molecule has 1 aliphatic rings. The molecule has 0 unspecified atom stereocenters. The molecular weight excluding hydrogens is 441 g/mol. The summed E-state index contributed by atoms with van der Waals surface area (Å²) in [6.07, 6.45) is 0.839. The molecule has 3 aromatic carbocycles. The first-order chi connectivity index (χ1) is 15.9. The van der Waals surface area contributed by atoms with Crippen LogP contribution in [-0.2, 0) is 14.8 Å². The number of para-hydroxylation sites is 3. The van der Waals surface area contributed by atoms with Gasteiger partial charge >= 0.3 is 0 Å². The third kappa shape index (κ3) is 5.07. The highest BCUT2D eigenvalue weighted by atomic mass is 32.2. The number of sulfonamides is 1. The second kappa shape index (κ2) is 9.72. The summed E-state index contributed by atoms with van der Waals surface area (Å²) in [6.45, 7) is 0.479. The van der Waals surface area contributed by atoms with E-state index in [1.165, 1.54) is 16.4 Å². The first-order valence-electron chi connectivity index (χ1n) is 10.8. The minimum atomic E-state index is -3.71. The van der Waals surface area contributed by atoms with Gasteiger partial charge in [-0.05, 0) is 61.4 Å². The number of hydrogen-bond acceptors (Lipinski definition) is 4. The minimum absolute atomic E-state index is 0.0599. The fourth-order valence-electron chi connectivity index (χ4n) is 4.01. The Balaban J connectivity index is 1.42. The van der Waals surface area contributed by atoms with Crippen LogP contribution in [0.1, 0.15) is 12.8 Å². The second-order valence-corrected chi connectivity index (χ2v) is 9.97. The Bertz CT molecular complexity index is 1210. The van der Waals surface area contributed by atoms with E-state index in [0.717, 1.165) is 23.5 Å². The predicted octanol–water partition coefficient (Wildman–Crippen LogP) is 4.63. The summed E-state index contributed by atoms with van der Waals surface area (Å²) in [5.74, 6) is -0.898. The molecule has 0 atom stereocenters. The normalized spacial score (nSPS) is 15.2. The highest BCUT2D eigenvalue weighted by Crippen LogP contribution is 2.32. The van der Waals surface area contributed by atoms with Gasteiger partial charge in [-0.1, -0.05) is 30.3 Å². The van der Waals surface area contributed by atoms with E-state index in [4.69, 9.17) is 0 Å². The average molecular weight is 468 g/mol. The zero-order valence-electron chi connectivity index (χ0n) is 18.3. The number of rotatable bonds is 6. The highest BCUT2D eigenvalue weighted by Gasteiger charge is 2.32. The van der Waals surface area contributed by atoms with E-state index in [2.05, 4.69) is 5.32 Å². The molecule has 0 aliphatic carbocycles. The van der Waals surface area contributed by atoms with Gasteiger partial charge in [-0.3, -0.25) is 4.79 Å². The van der Waals surface area contributed by atoms with Crippen LogP contribution in [0.25, 0.3) is 0 Å². The van der Waals surface area contributed by atoms with Crippen molar-refractivity contribution in [3.05, 3.63) is 84.7 Å². The number of nitrogens with one attached hydrogen (secondary N) is 1. The molecule has 3 aromatic rings. The molecule has 0 aromatic heterocycles. The van der Waals surface area contributed by atoms with Crippen LogP contribution < -0.4 is 10.2 Å². The van der Waals surface area contributed by atoms with Gasteiger partial charge in [0.1, 0.15) is 5.82 Å². The monoisotopic (exact) mass is 467 g/mol. The number of hydrogen-bond donors (Lipinski definition) is 1. The fourth-order valence-corrected chi connectivity index (χ4v) is 5.48. The van der Waals surface area contributed by atoms with Crippen molar-refractivity contribution < 1.29 is 17.6 Å². The number of anilines is 3. The first-order valence-corrected chi connectivity index (χ1v) is 12.2. The lowest BCUT2D eigenvalue weighted by Crippen LogP contribution is -2.41. The molecular formula is C25H26FN3O3S. The molecule has 172 valence electrons. The molecule has 8 heteroatoms. The maximum atomic E-state index is 13.2. The molecule has 1 saturated heterocycles. The van der Waals surface area contributed by atoms with Crippen molar-refractivity contribution in [3.63, 3.8) is 0 Å². The second-order valence-electron chi connectivity index (χ2n) is 8.03. The summed E-state index contributed by atoms with van der Waals surface area (Å²) >= 11 is 0. The van der Waals surface area contributed by atoms with Crippen LogP contribution in [0.5, 0.6) is 0 Å². The standard InChI is InChI=1S/C25H26FN3O3S/c1-28(21-7-3-2-4-8-21)24-10-6-5-9-23(24)27-25(30)19-15-17-29(18-16-19)33(31,32)22-13-11-20(26)12-14-22/h2-14,19H,15-18H2,1H3,(H,27,30). The Hall–Kier alpha value is -3.23. The van der Waals surface area contributed by atoms with Crippen molar-refractivity contribution in [1.82, 2.24) is 4.31 Å². The fraction of sp³-hybridized carbons (Fsp3) is 0.240. The highest BCUT2D eigenvalue weighted by molar-refractivity contribution is 7.89. The van der Waals surface area contributed by atoms with Gasteiger partial charge < -0.3 is 10.2 Å². The van der Waals surface area contributed by atoms with E-state index in [-0.39, 0.29) is 29.8 Å². The largest absolute Gasteiger partial charge is 0.343 e. The molecule has 0 spiro atoms. The van der Waals surface area contributed by atoms with Crippen LogP contribution in [0.15, 0.2) is 83.8 Å². The van der Waals surface area contributed by atoms with Crippen LogP contribution in [0, 0.1) is 11.7 Å². The molecule has 1 N–H and O–H groups in total. The number of carbonyl (C=O) groups is 1. The minimum Gasteiger partial charge on any atom is -0.343 e. The third-order valence-corrected chi connectivity index (χ3v) is 7.86. The van der Waals surface area contributed by atoms with Gasteiger partial charge in [-0.15, -0.1) is 0 Å². The van der Waals surface area contributed by atoms with Crippen LogP contribution in [0.4, 0.5) is 21.5 Å². The SMILES string of the molecule is CN(c1ccccc1)c1ccccc1NC(=O)C1CCN(S(=O)(=O)c2ccc(F)cc2)CC1. The number of piperidine rings is 1. The molecule has 0 radical (unpaired) electrons. The molecule has 1 amide bonds. The van der Waals surface area contributed by atoms with E-state index < -0.39 is 15.8 Å². The third-order valence-electron chi connectivity index (χ3n) is 5.94. The quantitative estimate of drug-likeness (QED) is 0.574. The van der Waals surface area contributed by atoms with Gasteiger partial charge in [0, 0.05) is 31.7 Å². The Kier molecular flexibility index (Phi) is 6.76. The van der Waals surface area contributed by atoms with Gasteiger partial charge in [0.25, 0.3) is 0 Å². The summed E-state index contributed by atoms with van der Waals surface area (Å²) in [5.41, 5.74) is 2.57. The molecule has 1 heterocycles. The van der Waals surface area contributed by atoms with Crippen LogP contribution in [0.2, 0.25) is 0 Å². The zero-order chi connectivity index (χ0) is 23.4. The number of amides is 1. The van der Waals surface area contributed by atoms with Crippen molar-refractivity contribution in [2.45, 2.75) is 17.7 Å². The lowest BCUT2D eigenvalue weighted by Gasteiger charge is -2.31. The van der Waals surface area contributed by atoms with Crippen molar-refractivity contribution in [2.75, 3.05) is 30.4 Å². The first kappa shape index (κ1) is 22.9. The van der Waals surface area contributed by atoms with Crippen molar-refractivity contribution in [2.24, 2.45) is 5.92 Å². The summed E-state index contributed by atoms with van der Waals surface area (Å²) < 4.78 is 40.2. The number of nitrogens with zero attached hydrogens (tertiary/aromatic N) is 2. The molecule has 1 aliphatic heterocycles. The Labute approximate surface area is 193 Å². The summed E-state index contributed by atoms with van der Waals surface area (Å²) in [5, 5.41) is 3.03. The molecule has 1 fully saturated rings. The Morgan fingerprint density at radius 3 is 2.21 bits per heavy atom. The summed E-state index contributed by atoms with van der Waals surface area (Å²) in [6, 6.07) is 22.3. The zero-order valence-corrected chi connectivity index (χ0v) is 19.1. The molecule has 6 nitrogen and oxygen atoms in total. The van der Waals surface area contributed by atoms with Gasteiger partial charge in [-0.25, -0.2) is 12.8 Å². The number of carbonyl (C=O) groups excluding carboxylic acids is 1. The Morgan fingerprint density at radius 2 is 1.55 bits per heavy atom. The van der Waals surface area contributed by atoms with Gasteiger partial charge in [0.05, 0.1) is 16.3 Å². The van der Waals surface area contributed by atoms with E-state index in [1.54, 1.807) is 0 Å². The smallest absolute Gasteiger partial charge is 0.243 e. The van der Waals surface area contributed by atoms with Gasteiger partial charge in [0.2, 0.25) is 15.9 Å². The van der Waals surface area contributed by atoms with Crippen molar-refractivity contribution in [1.29, 1.82) is 0 Å². The molecule has 33 heavy (non-hydrogen) atoms. The lowest BCUT2D eigenvalue weighted by atomic mass is 9.97. The average Bonchev–Trinajstić information content (AvgIpc) is 2.85. The van der Waals surface area contributed by atoms with Gasteiger partial charge in [0.15, 0.2) is 0 Å². The summed E-state index contributed by atoms with van der Waals surface area (Å²) in [4.78, 5) is 15.1. The summed E-state index contributed by atoms with van der Waals surface area (Å²) in [7, 11) is -1.76. The van der Waals surface area contributed by atoms with Gasteiger partial charge in [-0.2, -0.15) is 4.31 Å². The van der Waals surface area contributed by atoms with E-state index in [9.17, 15) is 17.6 Å². The topological polar surface area (TPSA) is 69.7 Å². The van der Waals surface area contributed by atoms with Crippen molar-refractivity contribution >= 4 is 33.0 Å². The molecule has 0 bridgehead atoms. The molecule has 4 rings (SSSR count). The predicted molar refractivity (Wildman–Crippen MR) is 127 cm³/mol. The maximum absolute atomic E-state index is 13.2. The van der Waals surface area contributed by atoms with Crippen LogP contribution in [0.3, 0.4) is 0 Å².